The fourth-order valence-electron chi connectivity index (χ4n) is 3.57. The molecule has 0 bridgehead atoms. The number of carbonyl (C=O) groups excluding carboxylic acids is 1. The minimum atomic E-state index is -0.00785. The Morgan fingerprint density at radius 3 is 2.22 bits per heavy atom. The molecule has 2 rings (SSSR count). The van der Waals surface area contributed by atoms with E-state index in [9.17, 15) is 4.79 Å². The molecule has 2 unspecified atom stereocenters. The minimum absolute atomic E-state index is 0.00785. The Balaban J connectivity index is 2.06. The van der Waals surface area contributed by atoms with Crippen molar-refractivity contribution in [3.05, 3.63) is 0 Å². The summed E-state index contributed by atoms with van der Waals surface area (Å²) in [5, 5.41) is 3.42. The van der Waals surface area contributed by atoms with E-state index in [0.29, 0.717) is 16.7 Å². The molecule has 1 N–H and O–H groups in total. The van der Waals surface area contributed by atoms with Crippen molar-refractivity contribution in [2.75, 3.05) is 6.54 Å². The van der Waals surface area contributed by atoms with Gasteiger partial charge in [-0.15, -0.1) is 0 Å². The molecule has 0 radical (unpaired) electrons. The number of carbonyl (C=O) groups is 1. The fourth-order valence-corrected chi connectivity index (χ4v) is 3.57. The van der Waals surface area contributed by atoms with E-state index >= 15 is 0 Å². The van der Waals surface area contributed by atoms with E-state index in [1.165, 1.54) is 0 Å². The molecule has 1 aliphatic heterocycles. The molecule has 3 nitrogen and oxygen atoms in total. The Hall–Kier alpha value is -0.570. The van der Waals surface area contributed by atoms with Crippen molar-refractivity contribution >= 4 is 5.91 Å². The topological polar surface area (TPSA) is 32.3 Å². The van der Waals surface area contributed by atoms with Crippen molar-refractivity contribution < 1.29 is 4.79 Å². The smallest absolute Gasteiger partial charge is 0.240 e. The van der Waals surface area contributed by atoms with Crippen molar-refractivity contribution in [1.29, 1.82) is 0 Å². The second-order valence-electron chi connectivity index (χ2n) is 7.18. The number of nitrogens with one attached hydrogen (secondary N) is 1. The zero-order chi connectivity index (χ0) is 13.7. The van der Waals surface area contributed by atoms with E-state index in [0.717, 1.165) is 19.4 Å². The van der Waals surface area contributed by atoms with Gasteiger partial charge in [-0.2, -0.15) is 0 Å². The van der Waals surface area contributed by atoms with Crippen LogP contribution in [0.4, 0.5) is 0 Å². The lowest BCUT2D eigenvalue weighted by atomic mass is 10.0. The first kappa shape index (κ1) is 13.9. The van der Waals surface area contributed by atoms with Crippen molar-refractivity contribution in [3.8, 4) is 0 Å². The van der Waals surface area contributed by atoms with Crippen LogP contribution in [0.2, 0.25) is 0 Å². The number of amides is 1. The van der Waals surface area contributed by atoms with Gasteiger partial charge in [-0.1, -0.05) is 41.0 Å². The largest absolute Gasteiger partial charge is 0.325 e. The van der Waals surface area contributed by atoms with Gasteiger partial charge in [-0.25, -0.2) is 0 Å². The summed E-state index contributed by atoms with van der Waals surface area (Å²) in [6.45, 7) is 14.4. The molecule has 1 saturated carbocycles. The fraction of sp³-hybridized carbons (Fsp3) is 0.933. The van der Waals surface area contributed by atoms with Crippen LogP contribution in [0.15, 0.2) is 0 Å². The van der Waals surface area contributed by atoms with E-state index in [1.54, 1.807) is 0 Å². The summed E-state index contributed by atoms with van der Waals surface area (Å²) in [4.78, 5) is 14.3. The highest BCUT2D eigenvalue weighted by Gasteiger charge is 2.65. The van der Waals surface area contributed by atoms with Crippen LogP contribution >= 0.6 is 0 Å². The average molecular weight is 252 g/mol. The van der Waals surface area contributed by atoms with Crippen molar-refractivity contribution in [3.63, 3.8) is 0 Å². The molecule has 2 fully saturated rings. The predicted octanol–water partition coefficient (Wildman–Crippen LogP) is 2.62. The monoisotopic (exact) mass is 252 g/mol. The Kier molecular flexibility index (Phi) is 3.25. The molecule has 3 heteroatoms. The van der Waals surface area contributed by atoms with Crippen LogP contribution in [-0.2, 0) is 4.79 Å². The third kappa shape index (κ3) is 1.87. The number of nitrogens with zero attached hydrogens (tertiary/aromatic N) is 1. The van der Waals surface area contributed by atoms with Crippen molar-refractivity contribution in [1.82, 2.24) is 10.2 Å². The third-order valence-electron chi connectivity index (χ3n) is 5.73. The minimum Gasteiger partial charge on any atom is -0.325 e. The molecule has 1 amide bonds. The summed E-state index contributed by atoms with van der Waals surface area (Å²) < 4.78 is 0. The van der Waals surface area contributed by atoms with Gasteiger partial charge in [0, 0.05) is 6.54 Å². The lowest BCUT2D eigenvalue weighted by Gasteiger charge is -2.25. The second kappa shape index (κ2) is 4.22. The summed E-state index contributed by atoms with van der Waals surface area (Å²) in [7, 11) is 0. The van der Waals surface area contributed by atoms with E-state index in [1.807, 2.05) is 6.92 Å². The quantitative estimate of drug-likeness (QED) is 0.834. The van der Waals surface area contributed by atoms with Gasteiger partial charge >= 0.3 is 0 Å². The molecule has 1 saturated heterocycles. The number of rotatable bonds is 4. The molecule has 104 valence electrons. The Bertz CT molecular complexity index is 334. The molecule has 1 heterocycles. The zero-order valence-corrected chi connectivity index (χ0v) is 12.7. The molecule has 2 aliphatic rings. The van der Waals surface area contributed by atoms with E-state index in [2.05, 4.69) is 44.8 Å². The Morgan fingerprint density at radius 1 is 1.22 bits per heavy atom. The van der Waals surface area contributed by atoms with Crippen molar-refractivity contribution in [2.24, 2.45) is 16.7 Å². The molecule has 18 heavy (non-hydrogen) atoms. The van der Waals surface area contributed by atoms with Crippen LogP contribution < -0.4 is 5.32 Å². The van der Waals surface area contributed by atoms with Crippen LogP contribution in [0, 0.1) is 16.7 Å². The van der Waals surface area contributed by atoms with Gasteiger partial charge in [0.25, 0.3) is 0 Å². The van der Waals surface area contributed by atoms with Crippen molar-refractivity contribution in [2.45, 2.75) is 66.6 Å². The van der Waals surface area contributed by atoms with Crippen LogP contribution in [-0.4, -0.2) is 29.6 Å². The SMILES string of the molecule is CCCC1NC(C)C(=O)N1CC1C(C)(C)C1(C)C. The van der Waals surface area contributed by atoms with Gasteiger partial charge in [-0.05, 0) is 30.1 Å². The zero-order valence-electron chi connectivity index (χ0n) is 12.7. The van der Waals surface area contributed by atoms with Crippen LogP contribution in [0.25, 0.3) is 0 Å². The number of hydrogen-bond donors (Lipinski definition) is 1. The maximum Gasteiger partial charge on any atom is 0.240 e. The maximum absolute atomic E-state index is 12.2. The summed E-state index contributed by atoms with van der Waals surface area (Å²) in [5.41, 5.74) is 0.714. The normalized spacial score (nSPS) is 34.1. The lowest BCUT2D eigenvalue weighted by Crippen LogP contribution is -2.39. The third-order valence-corrected chi connectivity index (χ3v) is 5.73. The summed E-state index contributed by atoms with van der Waals surface area (Å²) in [5.74, 6) is 0.910. The van der Waals surface area contributed by atoms with Crippen LogP contribution in [0.3, 0.4) is 0 Å². The summed E-state index contributed by atoms with van der Waals surface area (Å²) >= 11 is 0. The predicted molar refractivity (Wildman–Crippen MR) is 74.1 cm³/mol. The molecule has 0 aromatic carbocycles. The molecule has 0 aromatic rings. The van der Waals surface area contributed by atoms with E-state index in [4.69, 9.17) is 0 Å². The number of hydrogen-bond acceptors (Lipinski definition) is 2. The summed E-state index contributed by atoms with van der Waals surface area (Å²) in [6, 6.07) is -0.00785. The van der Waals surface area contributed by atoms with Gasteiger partial charge in [0.05, 0.1) is 12.2 Å². The van der Waals surface area contributed by atoms with Gasteiger partial charge < -0.3 is 4.90 Å². The first-order chi connectivity index (χ1) is 8.23. The van der Waals surface area contributed by atoms with Crippen LogP contribution in [0.1, 0.15) is 54.4 Å². The first-order valence-electron chi connectivity index (χ1n) is 7.30. The molecule has 1 aliphatic carbocycles. The standard InChI is InChI=1S/C15H28N2O/c1-7-8-12-16-10(2)13(18)17(12)9-11-14(3,4)15(11,5)6/h10-12,16H,7-9H2,1-6H3. The van der Waals surface area contributed by atoms with Gasteiger partial charge in [0.1, 0.15) is 0 Å². The molecular weight excluding hydrogens is 224 g/mol. The second-order valence-corrected chi connectivity index (χ2v) is 7.18. The average Bonchev–Trinajstić information content (AvgIpc) is 2.50. The summed E-state index contributed by atoms with van der Waals surface area (Å²) in [6.07, 6.45) is 2.43. The molecular formula is C15H28N2O. The van der Waals surface area contributed by atoms with Gasteiger partial charge in [0.15, 0.2) is 0 Å². The molecule has 0 spiro atoms. The Morgan fingerprint density at radius 2 is 1.78 bits per heavy atom. The van der Waals surface area contributed by atoms with Crippen LogP contribution in [0.5, 0.6) is 0 Å². The van der Waals surface area contributed by atoms with Gasteiger partial charge in [-0.3, -0.25) is 10.1 Å². The molecule has 2 atom stereocenters. The van der Waals surface area contributed by atoms with E-state index < -0.39 is 0 Å². The highest BCUT2D eigenvalue weighted by atomic mass is 16.2. The highest BCUT2D eigenvalue weighted by molar-refractivity contribution is 5.84. The first-order valence-corrected chi connectivity index (χ1v) is 7.30. The maximum atomic E-state index is 12.2. The highest BCUT2D eigenvalue weighted by Crippen LogP contribution is 2.68. The molecule has 0 aromatic heterocycles. The van der Waals surface area contributed by atoms with Gasteiger partial charge in [0.2, 0.25) is 5.91 Å². The lowest BCUT2D eigenvalue weighted by molar-refractivity contribution is -0.130. The van der Waals surface area contributed by atoms with E-state index in [-0.39, 0.29) is 18.1 Å². The Labute approximate surface area is 111 Å².